The molecule has 0 heterocycles. The fourth-order valence-corrected chi connectivity index (χ4v) is 2.97. The van der Waals surface area contributed by atoms with Crippen LogP contribution in [-0.4, -0.2) is 23.0 Å². The fraction of sp³-hybridized carbons (Fsp3) is 0.333. The minimum atomic E-state index is -0.892. The highest BCUT2D eigenvalue weighted by molar-refractivity contribution is 5.77. The van der Waals surface area contributed by atoms with Crippen molar-refractivity contribution in [3.05, 3.63) is 71.5 Å². The van der Waals surface area contributed by atoms with Gasteiger partial charge in [0.2, 0.25) is 5.91 Å². The molecule has 0 aliphatic heterocycles. The van der Waals surface area contributed by atoms with Gasteiger partial charge in [-0.1, -0.05) is 55.5 Å². The van der Waals surface area contributed by atoms with Gasteiger partial charge in [-0.3, -0.25) is 9.59 Å². The normalized spacial score (nSPS) is 13.0. The second-order valence-electron chi connectivity index (χ2n) is 6.51. The zero-order valence-electron chi connectivity index (χ0n) is 14.8. The largest absolute Gasteiger partial charge is 0.481 e. The summed E-state index contributed by atoms with van der Waals surface area (Å²) in [7, 11) is 0. The number of hydrogen-bond donors (Lipinski definition) is 2. The Hall–Kier alpha value is -2.69. The summed E-state index contributed by atoms with van der Waals surface area (Å²) in [6.45, 7) is 1.81. The first-order valence-corrected chi connectivity index (χ1v) is 8.75. The van der Waals surface area contributed by atoms with Crippen molar-refractivity contribution < 1.29 is 19.1 Å². The minimum Gasteiger partial charge on any atom is -0.481 e. The van der Waals surface area contributed by atoms with Crippen molar-refractivity contribution in [1.29, 1.82) is 0 Å². The number of rotatable bonds is 9. The maximum Gasteiger partial charge on any atom is 0.303 e. The third kappa shape index (κ3) is 6.31. The minimum absolute atomic E-state index is 0.0132. The Bertz CT molecular complexity index is 733. The van der Waals surface area contributed by atoms with Crippen LogP contribution in [0.3, 0.4) is 0 Å². The van der Waals surface area contributed by atoms with Gasteiger partial charge in [0.15, 0.2) is 0 Å². The van der Waals surface area contributed by atoms with Gasteiger partial charge in [-0.25, -0.2) is 4.39 Å². The molecule has 2 rings (SSSR count). The van der Waals surface area contributed by atoms with Gasteiger partial charge in [0.1, 0.15) is 5.82 Å². The number of halogens is 1. The molecule has 0 spiro atoms. The lowest BCUT2D eigenvalue weighted by molar-refractivity contribution is -0.137. The zero-order valence-corrected chi connectivity index (χ0v) is 14.8. The number of benzene rings is 2. The quantitative estimate of drug-likeness (QED) is 0.715. The molecule has 2 unspecified atom stereocenters. The molecule has 0 aromatic heterocycles. The van der Waals surface area contributed by atoms with E-state index in [9.17, 15) is 14.0 Å². The number of hydrogen-bond acceptors (Lipinski definition) is 2. The topological polar surface area (TPSA) is 66.4 Å². The van der Waals surface area contributed by atoms with Crippen LogP contribution in [0.2, 0.25) is 0 Å². The zero-order chi connectivity index (χ0) is 18.9. The molecule has 5 heteroatoms. The number of carboxylic acid groups (broad SMARTS) is 1. The van der Waals surface area contributed by atoms with Gasteiger partial charge >= 0.3 is 5.97 Å². The molecular weight excluding hydrogens is 333 g/mol. The van der Waals surface area contributed by atoms with Crippen LogP contribution in [0.4, 0.5) is 4.39 Å². The first kappa shape index (κ1) is 19.6. The Labute approximate surface area is 153 Å². The van der Waals surface area contributed by atoms with Crippen LogP contribution in [0, 0.1) is 5.82 Å². The molecule has 0 saturated heterocycles. The lowest BCUT2D eigenvalue weighted by atomic mass is 9.96. The van der Waals surface area contributed by atoms with E-state index >= 15 is 0 Å². The molecule has 0 aliphatic carbocycles. The molecular formula is C21H24FNO3. The van der Waals surface area contributed by atoms with Gasteiger partial charge in [-0.15, -0.1) is 0 Å². The van der Waals surface area contributed by atoms with Crippen LogP contribution in [0.25, 0.3) is 0 Å². The van der Waals surface area contributed by atoms with Gasteiger partial charge in [0.05, 0.1) is 0 Å². The summed E-state index contributed by atoms with van der Waals surface area (Å²) in [4.78, 5) is 23.3. The summed E-state index contributed by atoms with van der Waals surface area (Å²) in [5, 5.41) is 11.8. The van der Waals surface area contributed by atoms with Crippen molar-refractivity contribution >= 4 is 11.9 Å². The van der Waals surface area contributed by atoms with Crippen LogP contribution in [0.15, 0.2) is 54.6 Å². The number of aliphatic carboxylic acids is 1. The molecule has 0 fully saturated rings. The molecule has 2 aromatic rings. The first-order chi connectivity index (χ1) is 12.5. The summed E-state index contributed by atoms with van der Waals surface area (Å²) in [5.74, 6) is -1.67. The smallest absolute Gasteiger partial charge is 0.303 e. The van der Waals surface area contributed by atoms with Crippen LogP contribution in [0.5, 0.6) is 0 Å². The molecule has 0 saturated carbocycles. The predicted molar refractivity (Wildman–Crippen MR) is 98.4 cm³/mol. The number of nitrogens with one attached hydrogen (secondary N) is 1. The molecule has 2 atom stereocenters. The second-order valence-corrected chi connectivity index (χ2v) is 6.51. The highest BCUT2D eigenvalue weighted by Gasteiger charge is 2.18. The molecule has 4 nitrogen and oxygen atoms in total. The van der Waals surface area contributed by atoms with Crippen molar-refractivity contribution in [2.75, 3.05) is 0 Å². The van der Waals surface area contributed by atoms with E-state index in [1.54, 1.807) is 25.1 Å². The molecule has 2 N–H and O–H groups in total. The molecule has 0 bridgehead atoms. The molecule has 2 aromatic carbocycles. The lowest BCUT2D eigenvalue weighted by Gasteiger charge is -2.20. The second kappa shape index (κ2) is 9.70. The van der Waals surface area contributed by atoms with Crippen LogP contribution >= 0.6 is 0 Å². The number of carboxylic acids is 1. The molecule has 26 heavy (non-hydrogen) atoms. The third-order valence-corrected chi connectivity index (χ3v) is 4.32. The van der Waals surface area contributed by atoms with Gasteiger partial charge < -0.3 is 10.4 Å². The highest BCUT2D eigenvalue weighted by Crippen LogP contribution is 2.22. The SMILES string of the molecule is CC(CC(=O)NC(CCC(=O)O)Cc1ccccc1)c1ccccc1F. The van der Waals surface area contributed by atoms with E-state index in [-0.39, 0.29) is 36.5 Å². The number of carbonyl (C=O) groups is 2. The van der Waals surface area contributed by atoms with Crippen molar-refractivity contribution in [2.24, 2.45) is 0 Å². The standard InChI is InChI=1S/C21H24FNO3/c1-15(18-9-5-6-10-19(18)22)13-20(24)23-17(11-12-21(25)26)14-16-7-3-2-4-8-16/h2-10,15,17H,11-14H2,1H3,(H,23,24)(H,25,26). The Kier molecular flexibility index (Phi) is 7.33. The molecule has 138 valence electrons. The summed E-state index contributed by atoms with van der Waals surface area (Å²) >= 11 is 0. The summed E-state index contributed by atoms with van der Waals surface area (Å²) in [6, 6.07) is 15.8. The Balaban J connectivity index is 1.98. The van der Waals surface area contributed by atoms with Gasteiger partial charge in [0, 0.05) is 18.9 Å². The summed E-state index contributed by atoms with van der Waals surface area (Å²) < 4.78 is 13.9. The molecule has 0 radical (unpaired) electrons. The van der Waals surface area contributed by atoms with Crippen molar-refractivity contribution in [3.8, 4) is 0 Å². The Morgan fingerprint density at radius 3 is 2.38 bits per heavy atom. The predicted octanol–water partition coefficient (Wildman–Crippen LogP) is 3.91. The number of carbonyl (C=O) groups excluding carboxylic acids is 1. The third-order valence-electron chi connectivity index (χ3n) is 4.32. The van der Waals surface area contributed by atoms with Crippen LogP contribution in [0.1, 0.15) is 43.2 Å². The fourth-order valence-electron chi connectivity index (χ4n) is 2.97. The van der Waals surface area contributed by atoms with E-state index < -0.39 is 5.97 Å². The monoisotopic (exact) mass is 357 g/mol. The van der Waals surface area contributed by atoms with E-state index in [2.05, 4.69) is 5.32 Å². The Morgan fingerprint density at radius 1 is 1.08 bits per heavy atom. The Morgan fingerprint density at radius 2 is 1.73 bits per heavy atom. The van der Waals surface area contributed by atoms with Crippen LogP contribution in [-0.2, 0) is 16.0 Å². The first-order valence-electron chi connectivity index (χ1n) is 8.75. The average molecular weight is 357 g/mol. The van der Waals surface area contributed by atoms with E-state index in [0.29, 0.717) is 18.4 Å². The number of amides is 1. The summed E-state index contributed by atoms with van der Waals surface area (Å²) in [6.07, 6.45) is 1.05. The molecule has 1 amide bonds. The van der Waals surface area contributed by atoms with Crippen molar-refractivity contribution in [3.63, 3.8) is 0 Å². The van der Waals surface area contributed by atoms with E-state index in [1.165, 1.54) is 6.07 Å². The maximum absolute atomic E-state index is 13.9. The van der Waals surface area contributed by atoms with Crippen molar-refractivity contribution in [1.82, 2.24) is 5.32 Å². The average Bonchev–Trinajstić information content (AvgIpc) is 2.60. The van der Waals surface area contributed by atoms with E-state index in [4.69, 9.17) is 5.11 Å². The lowest BCUT2D eigenvalue weighted by Crippen LogP contribution is -2.37. The van der Waals surface area contributed by atoms with E-state index in [1.807, 2.05) is 30.3 Å². The van der Waals surface area contributed by atoms with Gasteiger partial charge in [-0.05, 0) is 36.0 Å². The van der Waals surface area contributed by atoms with Crippen molar-refractivity contribution in [2.45, 2.75) is 44.6 Å². The van der Waals surface area contributed by atoms with Gasteiger partial charge in [0.25, 0.3) is 0 Å². The maximum atomic E-state index is 13.9. The van der Waals surface area contributed by atoms with Crippen LogP contribution < -0.4 is 5.32 Å². The van der Waals surface area contributed by atoms with E-state index in [0.717, 1.165) is 5.56 Å². The molecule has 0 aliphatic rings. The summed E-state index contributed by atoms with van der Waals surface area (Å²) in [5.41, 5.74) is 1.54. The van der Waals surface area contributed by atoms with Gasteiger partial charge in [-0.2, -0.15) is 0 Å². The highest BCUT2D eigenvalue weighted by atomic mass is 19.1.